The number of nitrogens with zero attached hydrogens (tertiary/aromatic N) is 2. The van der Waals surface area contributed by atoms with E-state index in [1.54, 1.807) is 12.1 Å². The van der Waals surface area contributed by atoms with Crippen LogP contribution < -0.4 is 5.32 Å². The average Bonchev–Trinajstić information content (AvgIpc) is 2.69. The van der Waals surface area contributed by atoms with Gasteiger partial charge in [0.1, 0.15) is 11.1 Å². The molecule has 104 valence electrons. The third-order valence-electron chi connectivity index (χ3n) is 2.34. The van der Waals surface area contributed by atoms with Crippen LogP contribution in [0.25, 0.3) is 0 Å². The van der Waals surface area contributed by atoms with Crippen molar-refractivity contribution in [2.24, 2.45) is 10.2 Å². The molecule has 1 aromatic rings. The molecule has 8 heteroatoms. The molecule has 0 saturated carbocycles. The first-order chi connectivity index (χ1) is 9.54. The lowest BCUT2D eigenvalue weighted by Crippen LogP contribution is -2.26. The summed E-state index contributed by atoms with van der Waals surface area (Å²) in [4.78, 5) is 22.0. The third kappa shape index (κ3) is 3.89. The maximum absolute atomic E-state index is 12.9. The van der Waals surface area contributed by atoms with Gasteiger partial charge in [-0.1, -0.05) is 23.9 Å². The lowest BCUT2D eigenvalue weighted by atomic mass is 10.2. The van der Waals surface area contributed by atoms with Crippen LogP contribution in [0, 0.1) is 5.82 Å². The van der Waals surface area contributed by atoms with Gasteiger partial charge in [0.25, 0.3) is 0 Å². The van der Waals surface area contributed by atoms with Crippen molar-refractivity contribution >= 4 is 35.0 Å². The van der Waals surface area contributed by atoms with Crippen molar-refractivity contribution in [3.05, 3.63) is 35.6 Å². The van der Waals surface area contributed by atoms with Crippen LogP contribution in [0.15, 0.2) is 34.5 Å². The lowest BCUT2D eigenvalue weighted by Gasteiger charge is -1.97. The molecule has 0 spiro atoms. The summed E-state index contributed by atoms with van der Waals surface area (Å²) in [5, 5.41) is 18.1. The number of amides is 1. The van der Waals surface area contributed by atoms with E-state index in [0.717, 1.165) is 11.8 Å². The van der Waals surface area contributed by atoms with Gasteiger partial charge in [0.15, 0.2) is 5.17 Å². The SMILES string of the molecule is O=C(O)CC1S/C(=N\N=C/c2cccc(F)c2)NC1=O. The van der Waals surface area contributed by atoms with E-state index >= 15 is 0 Å². The van der Waals surface area contributed by atoms with Crippen molar-refractivity contribution < 1.29 is 19.1 Å². The van der Waals surface area contributed by atoms with E-state index in [1.165, 1.54) is 18.3 Å². The second kappa shape index (κ2) is 6.29. The molecule has 1 aliphatic rings. The maximum Gasteiger partial charge on any atom is 0.305 e. The van der Waals surface area contributed by atoms with Gasteiger partial charge < -0.3 is 10.4 Å². The maximum atomic E-state index is 12.9. The van der Waals surface area contributed by atoms with Gasteiger partial charge >= 0.3 is 5.97 Å². The minimum Gasteiger partial charge on any atom is -0.481 e. The topological polar surface area (TPSA) is 91.1 Å². The molecule has 20 heavy (non-hydrogen) atoms. The predicted molar refractivity (Wildman–Crippen MR) is 73.2 cm³/mol. The average molecular weight is 295 g/mol. The second-order valence-corrected chi connectivity index (χ2v) is 5.09. The molecule has 1 saturated heterocycles. The number of halogens is 1. The van der Waals surface area contributed by atoms with Crippen LogP contribution in [0.3, 0.4) is 0 Å². The van der Waals surface area contributed by atoms with Crippen LogP contribution in [0.1, 0.15) is 12.0 Å². The minimum absolute atomic E-state index is 0.230. The molecule has 1 heterocycles. The molecule has 0 aromatic heterocycles. The Morgan fingerprint density at radius 2 is 2.35 bits per heavy atom. The quantitative estimate of drug-likeness (QED) is 0.645. The number of carbonyl (C=O) groups excluding carboxylic acids is 1. The van der Waals surface area contributed by atoms with E-state index in [2.05, 4.69) is 15.5 Å². The standard InChI is InChI=1S/C12H10FN3O3S/c13-8-3-1-2-7(4-8)6-14-16-12-15-11(19)9(20-12)5-10(17)18/h1-4,6,9H,5H2,(H,17,18)(H,15,16,19)/b14-6-. The number of aliphatic carboxylic acids is 1. The zero-order valence-electron chi connectivity index (χ0n) is 10.1. The summed E-state index contributed by atoms with van der Waals surface area (Å²) in [5.74, 6) is -1.84. The molecular weight excluding hydrogens is 285 g/mol. The van der Waals surface area contributed by atoms with Crippen LogP contribution in [0.2, 0.25) is 0 Å². The van der Waals surface area contributed by atoms with Gasteiger partial charge in [0.05, 0.1) is 12.6 Å². The number of hydrogen-bond donors (Lipinski definition) is 2. The third-order valence-corrected chi connectivity index (χ3v) is 3.41. The molecule has 1 atom stereocenters. The summed E-state index contributed by atoms with van der Waals surface area (Å²) in [5.41, 5.74) is 0.533. The van der Waals surface area contributed by atoms with E-state index in [9.17, 15) is 14.0 Å². The highest BCUT2D eigenvalue weighted by Crippen LogP contribution is 2.22. The van der Waals surface area contributed by atoms with E-state index in [0.29, 0.717) is 5.56 Å². The lowest BCUT2D eigenvalue weighted by molar-refractivity contribution is -0.138. The van der Waals surface area contributed by atoms with Crippen LogP contribution in [-0.4, -0.2) is 33.6 Å². The summed E-state index contributed by atoms with van der Waals surface area (Å²) in [6, 6.07) is 5.79. The summed E-state index contributed by atoms with van der Waals surface area (Å²) in [7, 11) is 0. The number of rotatable bonds is 4. The molecule has 1 amide bonds. The van der Waals surface area contributed by atoms with Crippen molar-refractivity contribution in [1.29, 1.82) is 0 Å². The van der Waals surface area contributed by atoms with Gasteiger partial charge in [-0.25, -0.2) is 4.39 Å². The fourth-order valence-corrected chi connectivity index (χ4v) is 2.40. The Bertz CT molecular complexity index is 603. The number of carboxylic acids is 1. The monoisotopic (exact) mass is 295 g/mol. The van der Waals surface area contributed by atoms with E-state index in [1.807, 2.05) is 0 Å². The fourth-order valence-electron chi connectivity index (χ4n) is 1.48. The molecule has 0 aliphatic carbocycles. The van der Waals surface area contributed by atoms with Gasteiger partial charge in [-0.3, -0.25) is 9.59 Å². The number of hydrogen-bond acceptors (Lipinski definition) is 5. The van der Waals surface area contributed by atoms with Crippen LogP contribution in [0.5, 0.6) is 0 Å². The van der Waals surface area contributed by atoms with Crippen molar-refractivity contribution in [2.45, 2.75) is 11.7 Å². The number of amidine groups is 1. The van der Waals surface area contributed by atoms with Gasteiger partial charge in [0, 0.05) is 0 Å². The fraction of sp³-hybridized carbons (Fsp3) is 0.167. The summed E-state index contributed by atoms with van der Waals surface area (Å²) < 4.78 is 12.9. The molecule has 0 radical (unpaired) electrons. The number of nitrogens with one attached hydrogen (secondary N) is 1. The number of carboxylic acid groups (broad SMARTS) is 1. The van der Waals surface area contributed by atoms with Crippen LogP contribution in [-0.2, 0) is 9.59 Å². The minimum atomic E-state index is -1.05. The van der Waals surface area contributed by atoms with Gasteiger partial charge in [0.2, 0.25) is 5.91 Å². The first kappa shape index (κ1) is 14.2. The number of thioether (sulfide) groups is 1. The molecule has 1 fully saturated rings. The Hall–Kier alpha value is -2.22. The molecule has 1 unspecified atom stereocenters. The van der Waals surface area contributed by atoms with Gasteiger partial charge in [-0.2, -0.15) is 5.10 Å². The Kier molecular flexibility index (Phi) is 4.46. The van der Waals surface area contributed by atoms with E-state index in [-0.39, 0.29) is 17.4 Å². The van der Waals surface area contributed by atoms with Crippen molar-refractivity contribution in [1.82, 2.24) is 5.32 Å². The van der Waals surface area contributed by atoms with Gasteiger partial charge in [-0.15, -0.1) is 5.10 Å². The first-order valence-corrected chi connectivity index (χ1v) is 6.48. The zero-order valence-corrected chi connectivity index (χ0v) is 10.9. The van der Waals surface area contributed by atoms with Gasteiger partial charge in [-0.05, 0) is 17.7 Å². The van der Waals surface area contributed by atoms with E-state index < -0.39 is 17.1 Å². The summed E-state index contributed by atoms with van der Waals surface area (Å²) >= 11 is 1.01. The molecule has 1 aromatic carbocycles. The molecule has 2 rings (SSSR count). The van der Waals surface area contributed by atoms with Crippen LogP contribution >= 0.6 is 11.8 Å². The smallest absolute Gasteiger partial charge is 0.305 e. The Morgan fingerprint density at radius 1 is 1.55 bits per heavy atom. The highest BCUT2D eigenvalue weighted by Gasteiger charge is 2.32. The largest absolute Gasteiger partial charge is 0.481 e. The molecule has 0 bridgehead atoms. The van der Waals surface area contributed by atoms with Crippen molar-refractivity contribution in [3.63, 3.8) is 0 Å². The second-order valence-electron chi connectivity index (χ2n) is 3.90. The Balaban J connectivity index is 1.99. The van der Waals surface area contributed by atoms with Crippen molar-refractivity contribution in [2.75, 3.05) is 0 Å². The number of benzene rings is 1. The summed E-state index contributed by atoms with van der Waals surface area (Å²) in [6.07, 6.45) is 1.07. The van der Waals surface area contributed by atoms with Crippen LogP contribution in [0.4, 0.5) is 4.39 Å². The highest BCUT2D eigenvalue weighted by atomic mass is 32.2. The molecule has 1 aliphatic heterocycles. The number of carbonyl (C=O) groups is 2. The predicted octanol–water partition coefficient (Wildman–Crippen LogP) is 1.22. The zero-order chi connectivity index (χ0) is 14.5. The molecule has 6 nitrogen and oxygen atoms in total. The highest BCUT2D eigenvalue weighted by molar-refractivity contribution is 8.15. The Morgan fingerprint density at radius 3 is 3.05 bits per heavy atom. The van der Waals surface area contributed by atoms with E-state index in [4.69, 9.17) is 5.11 Å². The molecule has 2 N–H and O–H groups in total. The molecular formula is C12H10FN3O3S. The van der Waals surface area contributed by atoms with Crippen molar-refractivity contribution in [3.8, 4) is 0 Å². The summed E-state index contributed by atoms with van der Waals surface area (Å²) in [6.45, 7) is 0. The normalized spacial score (nSPS) is 20.6. The Labute approximate surface area is 117 Å². The first-order valence-electron chi connectivity index (χ1n) is 5.60.